The second-order valence-electron chi connectivity index (χ2n) is 5.96. The quantitative estimate of drug-likeness (QED) is 0.109. The molecule has 180 valence electrons. The molecule has 0 bridgehead atoms. The molecule has 34 heavy (non-hydrogen) atoms. The number of carbonyl (C=O) groups is 1. The zero-order chi connectivity index (χ0) is 25.6. The molecule has 1 aromatic carbocycles. The molecule has 0 saturated carbocycles. The molecule has 0 radical (unpaired) electrons. The summed E-state index contributed by atoms with van der Waals surface area (Å²) >= 11 is 4.32. The lowest BCUT2D eigenvalue weighted by atomic mass is 10.1. The Bertz CT molecular complexity index is 1090. The number of pyridine rings is 1. The molecule has 0 spiro atoms. The Balaban J connectivity index is 0.00000281. The number of nitrogens with one attached hydrogen (secondary N) is 1. The van der Waals surface area contributed by atoms with E-state index in [0.717, 1.165) is 36.7 Å². The molecule has 0 unspecified atom stereocenters. The highest BCUT2D eigenvalue weighted by molar-refractivity contribution is 7.90. The first-order valence-electron chi connectivity index (χ1n) is 9.88. The molecule has 2 rings (SSSR count). The van der Waals surface area contributed by atoms with Crippen molar-refractivity contribution in [3.8, 4) is 0 Å². The smallest absolute Gasteiger partial charge is 0.313 e. The number of allylic oxidation sites excluding steroid dienone is 4. The van der Waals surface area contributed by atoms with Gasteiger partial charge in [-0.2, -0.15) is 13.2 Å². The second-order valence-corrected chi connectivity index (χ2v) is 6.41. The van der Waals surface area contributed by atoms with E-state index < -0.39 is 23.5 Å². The number of carbonyl (C=O) groups excluding carboxylic acids is 1. The maximum atomic E-state index is 13.5. The van der Waals surface area contributed by atoms with Crippen LogP contribution in [0.25, 0.3) is 10.6 Å². The summed E-state index contributed by atoms with van der Waals surface area (Å²) in [4.78, 5) is 20.0. The van der Waals surface area contributed by atoms with Gasteiger partial charge in [0.05, 0.1) is 23.9 Å². The molecule has 2 aromatic rings. The number of hydrogen-bond donors (Lipinski definition) is 2. The molecule has 1 amide bonds. The van der Waals surface area contributed by atoms with Crippen LogP contribution in [0, 0.1) is 0 Å². The van der Waals surface area contributed by atoms with Crippen LogP contribution in [-0.2, 0) is 11.0 Å². The molecular weight excluding hydrogens is 473 g/mol. The number of alkyl halides is 3. The molecule has 1 heterocycles. The fraction of sp³-hybridized carbons (Fsp3) is 0.125. The predicted molar refractivity (Wildman–Crippen MR) is 128 cm³/mol. The van der Waals surface area contributed by atoms with Crippen LogP contribution < -0.4 is 5.32 Å². The molecule has 1 N–H and O–H groups in total. The van der Waals surface area contributed by atoms with Crippen LogP contribution in [0.4, 0.5) is 22.0 Å². The zero-order valence-corrected chi connectivity index (χ0v) is 19.1. The van der Waals surface area contributed by atoms with Gasteiger partial charge in [0.1, 0.15) is 11.5 Å². The predicted octanol–water partition coefficient (Wildman–Crippen LogP) is 6.92. The summed E-state index contributed by atoms with van der Waals surface area (Å²) in [5.74, 6) is -1.81. The van der Waals surface area contributed by atoms with Crippen molar-refractivity contribution in [2.24, 2.45) is 4.99 Å². The molecule has 0 aliphatic rings. The lowest BCUT2D eigenvalue weighted by molar-refractivity contribution is -0.137. The number of aliphatic imine (C=N–C) groups is 1. The zero-order valence-electron chi connectivity index (χ0n) is 18.2. The van der Waals surface area contributed by atoms with Crippen LogP contribution in [0.3, 0.4) is 0 Å². The van der Waals surface area contributed by atoms with Crippen LogP contribution in [0.2, 0.25) is 0 Å². The van der Waals surface area contributed by atoms with Crippen LogP contribution in [0.5, 0.6) is 0 Å². The fourth-order valence-corrected chi connectivity index (χ4v) is 2.61. The van der Waals surface area contributed by atoms with E-state index in [1.807, 2.05) is 13.8 Å². The summed E-state index contributed by atoms with van der Waals surface area (Å²) in [7, 11) is 0. The number of nitrogens with zero attached hydrogens (tertiary/aromatic N) is 2. The number of aromatic nitrogens is 1. The summed E-state index contributed by atoms with van der Waals surface area (Å²) in [5, 5.41) is 2.20. The molecule has 0 atom stereocenters. The van der Waals surface area contributed by atoms with E-state index in [4.69, 9.17) is 0 Å². The van der Waals surface area contributed by atoms with E-state index in [0.29, 0.717) is 6.08 Å². The van der Waals surface area contributed by atoms with E-state index in [9.17, 15) is 26.7 Å². The average Bonchev–Trinajstić information content (AvgIpc) is 2.83. The minimum Gasteiger partial charge on any atom is -0.313 e. The first kappa shape index (κ1) is 28.5. The summed E-state index contributed by atoms with van der Waals surface area (Å²) in [6.45, 7) is 4.00. The third-order valence-corrected chi connectivity index (χ3v) is 4.17. The monoisotopic (exact) mass is 495 g/mol. The van der Waals surface area contributed by atoms with Gasteiger partial charge in [0.15, 0.2) is 0 Å². The van der Waals surface area contributed by atoms with E-state index in [1.54, 1.807) is 18.2 Å². The lowest BCUT2D eigenvalue weighted by Gasteiger charge is -2.11. The molecular formula is C24H22F5N3OS. The SMILES string of the molecule is CC.O=C(/C=C(F)/C=C\C=C\F)NC=N/C(=C(\S)c1cccc(C(F)(F)F)c1)c1ccccn1. The van der Waals surface area contributed by atoms with Crippen LogP contribution in [0.1, 0.15) is 30.7 Å². The molecule has 4 nitrogen and oxygen atoms in total. The number of hydrogen-bond acceptors (Lipinski definition) is 4. The van der Waals surface area contributed by atoms with Gasteiger partial charge >= 0.3 is 6.18 Å². The molecule has 0 aliphatic heterocycles. The van der Waals surface area contributed by atoms with Gasteiger partial charge in [-0.25, -0.2) is 13.8 Å². The first-order chi connectivity index (χ1) is 16.2. The second kappa shape index (κ2) is 14.6. The average molecular weight is 496 g/mol. The Morgan fingerprint density at radius 1 is 1.12 bits per heavy atom. The van der Waals surface area contributed by atoms with Gasteiger partial charge in [-0.15, -0.1) is 12.6 Å². The molecule has 1 aromatic heterocycles. The Morgan fingerprint density at radius 2 is 1.85 bits per heavy atom. The molecule has 0 aliphatic carbocycles. The van der Waals surface area contributed by atoms with Crippen molar-refractivity contribution in [1.29, 1.82) is 0 Å². The maximum Gasteiger partial charge on any atom is 0.416 e. The standard InChI is InChI=1S/C22H16F5N3OS.C2H6/c23-10-3-1-8-17(24)13-19(31)29-14-30-20(18-9-2-4-11-28-18)21(32)15-6-5-7-16(12-15)22(25,26)27;1-2/h1-14,32H,(H,29,30,31);1-2H3/b8-1-,10-3+,17-13-,21-20-;. The van der Waals surface area contributed by atoms with Gasteiger partial charge < -0.3 is 5.32 Å². The van der Waals surface area contributed by atoms with Gasteiger partial charge in [-0.05, 0) is 42.0 Å². The topological polar surface area (TPSA) is 54.4 Å². The number of thiol groups is 1. The summed E-state index contributed by atoms with van der Waals surface area (Å²) in [6.07, 6.45) is 1.49. The summed E-state index contributed by atoms with van der Waals surface area (Å²) in [6, 6.07) is 9.32. The van der Waals surface area contributed by atoms with Crippen molar-refractivity contribution < 1.29 is 26.7 Å². The molecule has 10 heteroatoms. The van der Waals surface area contributed by atoms with Crippen molar-refractivity contribution in [3.63, 3.8) is 0 Å². The van der Waals surface area contributed by atoms with Gasteiger partial charge in [0, 0.05) is 17.2 Å². The van der Waals surface area contributed by atoms with Crippen molar-refractivity contribution >= 4 is 35.5 Å². The maximum absolute atomic E-state index is 13.5. The van der Waals surface area contributed by atoms with Gasteiger partial charge in [-0.3, -0.25) is 9.78 Å². The molecule has 0 fully saturated rings. The highest BCUT2D eigenvalue weighted by atomic mass is 32.1. The first-order valence-corrected chi connectivity index (χ1v) is 10.3. The number of rotatable bonds is 7. The number of benzene rings is 1. The summed E-state index contributed by atoms with van der Waals surface area (Å²) < 4.78 is 64.5. The number of halogens is 5. The Labute approximate surface area is 199 Å². The van der Waals surface area contributed by atoms with Crippen molar-refractivity contribution in [2.45, 2.75) is 20.0 Å². The van der Waals surface area contributed by atoms with Crippen LogP contribution in [-0.4, -0.2) is 17.2 Å². The lowest BCUT2D eigenvalue weighted by Crippen LogP contribution is -2.19. The summed E-state index contributed by atoms with van der Waals surface area (Å²) in [5.41, 5.74) is -0.381. The van der Waals surface area contributed by atoms with Crippen molar-refractivity contribution in [3.05, 3.63) is 102 Å². The van der Waals surface area contributed by atoms with Gasteiger partial charge in [0.25, 0.3) is 5.91 Å². The minimum absolute atomic E-state index is 0.0722. The Kier molecular flexibility index (Phi) is 12.2. The van der Waals surface area contributed by atoms with E-state index in [1.165, 1.54) is 18.3 Å². The third kappa shape index (κ3) is 9.53. The third-order valence-electron chi connectivity index (χ3n) is 3.70. The van der Waals surface area contributed by atoms with Gasteiger partial charge in [0.2, 0.25) is 0 Å². The van der Waals surface area contributed by atoms with Crippen LogP contribution >= 0.6 is 12.6 Å². The fourth-order valence-electron chi connectivity index (χ4n) is 2.30. The number of amides is 1. The van der Waals surface area contributed by atoms with Crippen molar-refractivity contribution in [1.82, 2.24) is 10.3 Å². The van der Waals surface area contributed by atoms with E-state index in [-0.39, 0.29) is 28.2 Å². The normalized spacial score (nSPS) is 13.1. The largest absolute Gasteiger partial charge is 0.416 e. The Morgan fingerprint density at radius 3 is 2.47 bits per heavy atom. The Hall–Kier alpha value is -3.53. The van der Waals surface area contributed by atoms with E-state index >= 15 is 0 Å². The highest BCUT2D eigenvalue weighted by Gasteiger charge is 2.30. The van der Waals surface area contributed by atoms with Gasteiger partial charge in [-0.1, -0.05) is 38.1 Å². The van der Waals surface area contributed by atoms with E-state index in [2.05, 4.69) is 27.9 Å². The highest BCUT2D eigenvalue weighted by Crippen LogP contribution is 2.34. The minimum atomic E-state index is -4.54. The molecule has 0 saturated heterocycles. The van der Waals surface area contributed by atoms with Crippen LogP contribution in [0.15, 0.2) is 90.1 Å². The van der Waals surface area contributed by atoms with Crippen molar-refractivity contribution in [2.75, 3.05) is 0 Å².